The zero-order chi connectivity index (χ0) is 12.1. The molecule has 0 aromatic heterocycles. The topological polar surface area (TPSA) is 52.0 Å². The number of nitrogens with zero attached hydrogens (tertiary/aromatic N) is 4. The smallest absolute Gasteiger partial charge is 0.114 e. The second-order valence-corrected chi connectivity index (χ2v) is 4.28. The molecule has 1 heterocycles. The van der Waals surface area contributed by atoms with Crippen molar-refractivity contribution in [1.29, 1.82) is 0 Å². The predicted octanol–water partition coefficient (Wildman–Crippen LogP) is 3.04. The Morgan fingerprint density at radius 2 is 2.18 bits per heavy atom. The Balaban J connectivity index is 2.06. The Bertz CT molecular complexity index is 428. The fraction of sp³-hybridized carbons (Fsp3) is 0.500. The van der Waals surface area contributed by atoms with Crippen molar-refractivity contribution >= 4 is 0 Å². The Kier molecular flexibility index (Phi) is 3.96. The Hall–Kier alpha value is -1.58. The fourth-order valence-electron chi connectivity index (χ4n) is 2.14. The maximum absolute atomic E-state index is 13.1. The summed E-state index contributed by atoms with van der Waals surface area (Å²) in [4.78, 5) is 4.86. The molecule has 0 aliphatic carbocycles. The zero-order valence-corrected chi connectivity index (χ0v) is 9.59. The Labute approximate surface area is 99.7 Å². The molecular weight excluding hydrogens is 219 g/mol. The number of likely N-dealkylation sites (tertiary alicyclic amines) is 1. The molecule has 0 bridgehead atoms. The van der Waals surface area contributed by atoms with Gasteiger partial charge in [-0.25, -0.2) is 4.39 Å². The fourth-order valence-corrected chi connectivity index (χ4v) is 2.14. The number of rotatable bonds is 4. The highest BCUT2D eigenvalue weighted by Crippen LogP contribution is 2.18. The third-order valence-corrected chi connectivity index (χ3v) is 3.03. The highest BCUT2D eigenvalue weighted by atomic mass is 19.1. The van der Waals surface area contributed by atoms with Crippen molar-refractivity contribution in [2.75, 3.05) is 13.1 Å². The molecule has 0 N–H and O–H groups in total. The lowest BCUT2D eigenvalue weighted by Gasteiger charge is -2.16. The van der Waals surface area contributed by atoms with E-state index in [4.69, 9.17) is 5.53 Å². The summed E-state index contributed by atoms with van der Waals surface area (Å²) in [5, 5.41) is 3.58. The van der Waals surface area contributed by atoms with E-state index in [9.17, 15) is 4.39 Å². The van der Waals surface area contributed by atoms with Gasteiger partial charge in [0, 0.05) is 24.5 Å². The second kappa shape index (κ2) is 5.66. The van der Waals surface area contributed by atoms with Crippen LogP contribution >= 0.6 is 0 Å². The molecule has 0 amide bonds. The van der Waals surface area contributed by atoms with Gasteiger partial charge in [-0.2, -0.15) is 0 Å². The van der Waals surface area contributed by atoms with E-state index in [1.165, 1.54) is 0 Å². The van der Waals surface area contributed by atoms with Gasteiger partial charge < -0.3 is 0 Å². The van der Waals surface area contributed by atoms with Gasteiger partial charge in [-0.15, -0.1) is 0 Å². The molecule has 0 radical (unpaired) electrons. The lowest BCUT2D eigenvalue weighted by molar-refractivity contribution is 0.282. The van der Waals surface area contributed by atoms with Crippen LogP contribution in [0.15, 0.2) is 29.4 Å². The molecular formula is C12H15FN4. The minimum Gasteiger partial charge on any atom is -0.296 e. The van der Waals surface area contributed by atoms with Crippen LogP contribution in [0.5, 0.6) is 0 Å². The first-order chi connectivity index (χ1) is 8.29. The largest absolute Gasteiger partial charge is 0.296 e. The first-order valence-electron chi connectivity index (χ1n) is 5.73. The maximum Gasteiger partial charge on any atom is 0.114 e. The molecule has 2 rings (SSSR count). The maximum atomic E-state index is 13.1. The lowest BCUT2D eigenvalue weighted by atomic mass is 10.1. The van der Waals surface area contributed by atoms with Crippen LogP contribution < -0.4 is 0 Å². The van der Waals surface area contributed by atoms with Crippen LogP contribution in [0.25, 0.3) is 10.4 Å². The van der Waals surface area contributed by atoms with Gasteiger partial charge >= 0.3 is 0 Å². The van der Waals surface area contributed by atoms with Crippen molar-refractivity contribution < 1.29 is 4.39 Å². The van der Waals surface area contributed by atoms with Crippen LogP contribution in [0.2, 0.25) is 0 Å². The third kappa shape index (κ3) is 3.19. The first kappa shape index (κ1) is 11.9. The molecule has 5 heteroatoms. The van der Waals surface area contributed by atoms with Gasteiger partial charge in [0.15, 0.2) is 0 Å². The minimum absolute atomic E-state index is 0.361. The summed E-state index contributed by atoms with van der Waals surface area (Å²) in [7, 11) is 0. The third-order valence-electron chi connectivity index (χ3n) is 3.03. The standard InChI is InChI=1S/C12H15FN4/c13-12-5-6-17(9-12)8-11-4-2-1-3-10(11)7-15-16-14/h1-4,12H,5-9H2. The molecule has 4 nitrogen and oxygen atoms in total. The molecule has 1 fully saturated rings. The SMILES string of the molecule is [N-]=[N+]=NCc1ccccc1CN1CCC(F)C1. The van der Waals surface area contributed by atoms with Crippen molar-refractivity contribution in [3.8, 4) is 0 Å². The summed E-state index contributed by atoms with van der Waals surface area (Å²) in [5.41, 5.74) is 10.5. The molecule has 0 saturated carbocycles. The van der Waals surface area contributed by atoms with Gasteiger partial charge in [0.05, 0.1) is 6.54 Å². The number of hydrogen-bond donors (Lipinski definition) is 0. The van der Waals surface area contributed by atoms with Gasteiger partial charge in [0.25, 0.3) is 0 Å². The van der Waals surface area contributed by atoms with Crippen LogP contribution in [0.4, 0.5) is 4.39 Å². The van der Waals surface area contributed by atoms with E-state index in [2.05, 4.69) is 14.9 Å². The number of hydrogen-bond acceptors (Lipinski definition) is 2. The zero-order valence-electron chi connectivity index (χ0n) is 9.59. The quantitative estimate of drug-likeness (QED) is 0.448. The molecule has 1 aliphatic heterocycles. The van der Waals surface area contributed by atoms with Crippen molar-refractivity contribution in [3.63, 3.8) is 0 Å². The monoisotopic (exact) mass is 234 g/mol. The van der Waals surface area contributed by atoms with Crippen LogP contribution in [0.3, 0.4) is 0 Å². The van der Waals surface area contributed by atoms with E-state index in [-0.39, 0.29) is 0 Å². The van der Waals surface area contributed by atoms with Crippen LogP contribution in [0.1, 0.15) is 17.5 Å². The lowest BCUT2D eigenvalue weighted by Crippen LogP contribution is -2.21. The van der Waals surface area contributed by atoms with Crippen LogP contribution in [0, 0.1) is 0 Å². The van der Waals surface area contributed by atoms with E-state index in [0.717, 1.165) is 24.2 Å². The minimum atomic E-state index is -0.695. The molecule has 1 aliphatic rings. The molecule has 1 aromatic carbocycles. The summed E-state index contributed by atoms with van der Waals surface area (Å²) < 4.78 is 13.1. The van der Waals surface area contributed by atoms with E-state index < -0.39 is 6.17 Å². The van der Waals surface area contributed by atoms with Gasteiger partial charge in [-0.1, -0.05) is 29.4 Å². The average molecular weight is 234 g/mol. The number of azide groups is 1. The van der Waals surface area contributed by atoms with Gasteiger partial charge in [-0.3, -0.25) is 4.90 Å². The van der Waals surface area contributed by atoms with E-state index in [1.807, 2.05) is 24.3 Å². The number of benzene rings is 1. The van der Waals surface area contributed by atoms with E-state index in [0.29, 0.717) is 19.5 Å². The van der Waals surface area contributed by atoms with Gasteiger partial charge in [-0.05, 0) is 23.1 Å². The number of alkyl halides is 1. The van der Waals surface area contributed by atoms with E-state index in [1.54, 1.807) is 0 Å². The predicted molar refractivity (Wildman–Crippen MR) is 64.1 cm³/mol. The van der Waals surface area contributed by atoms with Crippen LogP contribution in [-0.4, -0.2) is 24.2 Å². The van der Waals surface area contributed by atoms with Crippen molar-refractivity contribution in [3.05, 3.63) is 45.8 Å². The van der Waals surface area contributed by atoms with Crippen molar-refractivity contribution in [1.82, 2.24) is 4.90 Å². The first-order valence-corrected chi connectivity index (χ1v) is 5.73. The second-order valence-electron chi connectivity index (χ2n) is 4.28. The van der Waals surface area contributed by atoms with Crippen molar-refractivity contribution in [2.45, 2.75) is 25.7 Å². The van der Waals surface area contributed by atoms with Crippen molar-refractivity contribution in [2.24, 2.45) is 5.11 Å². The highest BCUT2D eigenvalue weighted by Gasteiger charge is 2.21. The molecule has 17 heavy (non-hydrogen) atoms. The Morgan fingerprint density at radius 3 is 2.82 bits per heavy atom. The molecule has 1 atom stereocenters. The molecule has 90 valence electrons. The summed E-state index contributed by atoms with van der Waals surface area (Å²) in [6, 6.07) is 7.84. The Morgan fingerprint density at radius 1 is 1.41 bits per heavy atom. The molecule has 1 unspecified atom stereocenters. The summed E-state index contributed by atoms with van der Waals surface area (Å²) in [5.74, 6) is 0. The number of halogens is 1. The summed E-state index contributed by atoms with van der Waals surface area (Å²) in [6.07, 6.45) is -0.0716. The molecule has 0 spiro atoms. The average Bonchev–Trinajstić information content (AvgIpc) is 2.74. The summed E-state index contributed by atoms with van der Waals surface area (Å²) >= 11 is 0. The normalized spacial score (nSPS) is 20.2. The highest BCUT2D eigenvalue weighted by molar-refractivity contribution is 5.27. The van der Waals surface area contributed by atoms with Gasteiger partial charge in [0.1, 0.15) is 6.17 Å². The van der Waals surface area contributed by atoms with Gasteiger partial charge in [0.2, 0.25) is 0 Å². The summed E-state index contributed by atoms with van der Waals surface area (Å²) in [6.45, 7) is 2.41. The molecule has 1 aromatic rings. The van der Waals surface area contributed by atoms with E-state index >= 15 is 0 Å². The van der Waals surface area contributed by atoms with Crippen LogP contribution in [-0.2, 0) is 13.1 Å². The molecule has 1 saturated heterocycles.